The lowest BCUT2D eigenvalue weighted by atomic mass is 10.1. The number of ether oxygens (including phenoxy) is 2. The van der Waals surface area contributed by atoms with Gasteiger partial charge >= 0.3 is 0 Å². The Morgan fingerprint density at radius 3 is 2.62 bits per heavy atom. The molecule has 1 fully saturated rings. The summed E-state index contributed by atoms with van der Waals surface area (Å²) in [6.07, 6.45) is 2.98. The molecule has 2 aromatic heterocycles. The lowest BCUT2D eigenvalue weighted by molar-refractivity contribution is 0.163. The lowest BCUT2D eigenvalue weighted by Gasteiger charge is -2.10. The smallest absolute Gasteiger partial charge is 0.161 e. The minimum atomic E-state index is -0.525. The van der Waals surface area contributed by atoms with Crippen LogP contribution in [0.4, 0.5) is 0 Å². The van der Waals surface area contributed by atoms with Gasteiger partial charge in [0.25, 0.3) is 0 Å². The van der Waals surface area contributed by atoms with E-state index < -0.39 is 6.10 Å². The molecule has 0 aliphatic heterocycles. The Kier molecular flexibility index (Phi) is 5.46. The Morgan fingerprint density at radius 2 is 1.97 bits per heavy atom. The highest BCUT2D eigenvalue weighted by Gasteiger charge is 2.35. The number of hydrogen-bond donors (Lipinski definition) is 2. The monoisotopic (exact) mass is 395 g/mol. The number of hydrogen-bond acceptors (Lipinski definition) is 7. The number of aromatic nitrogens is 4. The van der Waals surface area contributed by atoms with E-state index in [1.807, 2.05) is 36.4 Å². The summed E-state index contributed by atoms with van der Waals surface area (Å²) in [5.74, 6) is 3.54. The number of nitrogens with two attached hydrogens (primary N) is 1. The molecular weight excluding hydrogens is 370 g/mol. The molecule has 0 radical (unpaired) electrons. The first-order chi connectivity index (χ1) is 14.1. The van der Waals surface area contributed by atoms with Crippen LogP contribution in [0, 0.1) is 0 Å². The van der Waals surface area contributed by atoms with Gasteiger partial charge in [-0.05, 0) is 42.7 Å². The van der Waals surface area contributed by atoms with Crippen molar-refractivity contribution in [1.29, 1.82) is 0 Å². The number of aliphatic hydroxyl groups is 1. The fraction of sp³-hybridized carbons (Fsp3) is 0.381. The van der Waals surface area contributed by atoms with Crippen LogP contribution in [-0.2, 0) is 6.42 Å². The molecule has 0 bridgehead atoms. The number of nitrogens with zero attached hydrogens (tertiary/aromatic N) is 4. The van der Waals surface area contributed by atoms with E-state index in [1.165, 1.54) is 0 Å². The van der Waals surface area contributed by atoms with Crippen LogP contribution in [0.3, 0.4) is 0 Å². The van der Waals surface area contributed by atoms with Crippen molar-refractivity contribution in [1.82, 2.24) is 19.7 Å². The topological polar surface area (TPSA) is 108 Å². The van der Waals surface area contributed by atoms with Crippen LogP contribution in [0.5, 0.6) is 11.5 Å². The third-order valence-corrected chi connectivity index (χ3v) is 5.29. The van der Waals surface area contributed by atoms with E-state index in [4.69, 9.17) is 25.3 Å². The van der Waals surface area contributed by atoms with Gasteiger partial charge in [-0.3, -0.25) is 0 Å². The quantitative estimate of drug-likeness (QED) is 0.655. The van der Waals surface area contributed by atoms with Crippen molar-refractivity contribution in [2.24, 2.45) is 5.73 Å². The van der Waals surface area contributed by atoms with Gasteiger partial charge in [-0.15, -0.1) is 5.10 Å². The fourth-order valence-electron chi connectivity index (χ4n) is 3.79. The van der Waals surface area contributed by atoms with Gasteiger partial charge in [0.05, 0.1) is 20.3 Å². The van der Waals surface area contributed by atoms with Crippen LogP contribution in [0.25, 0.3) is 5.82 Å². The van der Waals surface area contributed by atoms with E-state index in [0.717, 1.165) is 11.4 Å². The normalized spacial score (nSPS) is 21.3. The van der Waals surface area contributed by atoms with Gasteiger partial charge in [-0.2, -0.15) is 4.68 Å². The second-order valence-corrected chi connectivity index (χ2v) is 7.25. The molecule has 29 heavy (non-hydrogen) atoms. The van der Waals surface area contributed by atoms with Gasteiger partial charge in [-0.25, -0.2) is 9.97 Å². The average Bonchev–Trinajstić information content (AvgIpc) is 3.31. The summed E-state index contributed by atoms with van der Waals surface area (Å²) in [6, 6.07) is 11.2. The number of methoxy groups -OCH3 is 2. The molecule has 1 aliphatic carbocycles. The van der Waals surface area contributed by atoms with Gasteiger partial charge in [0.1, 0.15) is 5.82 Å². The molecule has 3 N–H and O–H groups in total. The Balaban J connectivity index is 1.68. The second kappa shape index (κ2) is 8.18. The van der Waals surface area contributed by atoms with Gasteiger partial charge < -0.3 is 20.3 Å². The molecule has 0 saturated heterocycles. The molecular formula is C21H25N5O3. The van der Waals surface area contributed by atoms with Crippen LogP contribution in [-0.4, -0.2) is 51.2 Å². The van der Waals surface area contributed by atoms with E-state index in [9.17, 15) is 5.11 Å². The summed E-state index contributed by atoms with van der Waals surface area (Å²) in [5.41, 5.74) is 7.05. The Labute approximate surface area is 169 Å². The van der Waals surface area contributed by atoms with E-state index >= 15 is 0 Å². The van der Waals surface area contributed by atoms with E-state index in [2.05, 4.69) is 4.98 Å². The van der Waals surface area contributed by atoms with Crippen LogP contribution in [0.15, 0.2) is 42.6 Å². The molecule has 0 unspecified atom stereocenters. The van der Waals surface area contributed by atoms with Crippen LogP contribution in [0.2, 0.25) is 0 Å². The molecule has 1 aliphatic rings. The highest BCUT2D eigenvalue weighted by atomic mass is 16.5. The third kappa shape index (κ3) is 3.94. The molecule has 3 aromatic rings. The maximum Gasteiger partial charge on any atom is 0.161 e. The van der Waals surface area contributed by atoms with Crippen molar-refractivity contribution in [2.75, 3.05) is 14.2 Å². The van der Waals surface area contributed by atoms with Crippen molar-refractivity contribution in [3.63, 3.8) is 0 Å². The average molecular weight is 395 g/mol. The molecule has 3 atom stereocenters. The summed E-state index contributed by atoms with van der Waals surface area (Å²) >= 11 is 0. The first-order valence-electron chi connectivity index (χ1n) is 9.60. The fourth-order valence-corrected chi connectivity index (χ4v) is 3.79. The van der Waals surface area contributed by atoms with Gasteiger partial charge in [0, 0.05) is 24.6 Å². The molecule has 2 heterocycles. The zero-order valence-electron chi connectivity index (χ0n) is 16.5. The highest BCUT2D eigenvalue weighted by molar-refractivity contribution is 5.43. The molecule has 8 heteroatoms. The number of benzene rings is 1. The molecule has 8 nitrogen and oxygen atoms in total. The van der Waals surface area contributed by atoms with Crippen molar-refractivity contribution < 1.29 is 14.6 Å². The zero-order valence-corrected chi connectivity index (χ0v) is 16.5. The number of pyridine rings is 1. The first-order valence-corrected chi connectivity index (χ1v) is 9.60. The molecule has 0 amide bonds. The Hall–Kier alpha value is -2.97. The third-order valence-electron chi connectivity index (χ3n) is 5.29. The SMILES string of the molecule is COc1ccc(Cc2nc([C@H]3C[C@H](N)[C@@H](O)C3)n(-c3ccccn3)n2)cc1OC. The maximum absolute atomic E-state index is 10.1. The Morgan fingerprint density at radius 1 is 1.14 bits per heavy atom. The lowest BCUT2D eigenvalue weighted by Crippen LogP contribution is -2.28. The predicted octanol–water partition coefficient (Wildman–Crippen LogP) is 1.84. The molecule has 152 valence electrons. The summed E-state index contributed by atoms with van der Waals surface area (Å²) in [5, 5.41) is 14.8. The van der Waals surface area contributed by atoms with Crippen LogP contribution >= 0.6 is 0 Å². The number of rotatable bonds is 6. The van der Waals surface area contributed by atoms with E-state index in [0.29, 0.717) is 42.4 Å². The molecule has 0 spiro atoms. The van der Waals surface area contributed by atoms with Gasteiger partial charge in [0.2, 0.25) is 0 Å². The highest BCUT2D eigenvalue weighted by Crippen LogP contribution is 2.34. The predicted molar refractivity (Wildman–Crippen MR) is 107 cm³/mol. The van der Waals surface area contributed by atoms with Crippen molar-refractivity contribution >= 4 is 0 Å². The molecule has 4 rings (SSSR count). The van der Waals surface area contributed by atoms with Crippen LogP contribution < -0.4 is 15.2 Å². The largest absolute Gasteiger partial charge is 0.493 e. The van der Waals surface area contributed by atoms with E-state index in [-0.39, 0.29) is 12.0 Å². The van der Waals surface area contributed by atoms with Crippen LogP contribution in [0.1, 0.15) is 36.0 Å². The number of aliphatic hydroxyl groups excluding tert-OH is 1. The molecule has 1 saturated carbocycles. The van der Waals surface area contributed by atoms with Crippen molar-refractivity contribution in [2.45, 2.75) is 37.3 Å². The minimum absolute atomic E-state index is 0.0358. The zero-order chi connectivity index (χ0) is 20.4. The van der Waals surface area contributed by atoms with Crippen molar-refractivity contribution in [3.05, 3.63) is 59.8 Å². The minimum Gasteiger partial charge on any atom is -0.493 e. The van der Waals surface area contributed by atoms with E-state index in [1.54, 1.807) is 25.1 Å². The Bertz CT molecular complexity index is 966. The standard InChI is InChI=1S/C21H25N5O3/c1-28-17-7-6-13(9-18(17)29-2)10-19-24-21(14-11-15(22)16(27)12-14)26(25-19)20-5-3-4-8-23-20/h3-9,14-16,27H,10-12,22H2,1-2H3/t14-,15-,16-/m0/s1. The maximum atomic E-state index is 10.1. The van der Waals surface area contributed by atoms with Crippen molar-refractivity contribution in [3.8, 4) is 17.3 Å². The van der Waals surface area contributed by atoms with Gasteiger partial charge in [-0.1, -0.05) is 12.1 Å². The summed E-state index contributed by atoms with van der Waals surface area (Å²) in [7, 11) is 3.23. The van der Waals surface area contributed by atoms with Gasteiger partial charge in [0.15, 0.2) is 23.1 Å². The second-order valence-electron chi connectivity index (χ2n) is 7.25. The molecule has 1 aromatic carbocycles. The summed E-state index contributed by atoms with van der Waals surface area (Å²) in [4.78, 5) is 9.22. The summed E-state index contributed by atoms with van der Waals surface area (Å²) < 4.78 is 12.5. The first kappa shape index (κ1) is 19.4. The summed E-state index contributed by atoms with van der Waals surface area (Å²) in [6.45, 7) is 0.